The number of nitrogens with two attached hydrogens (primary N) is 2. The highest BCUT2D eigenvalue weighted by Gasteiger charge is 2.33. The molecular weight excluding hydrogens is 366 g/mol. The first-order chi connectivity index (χ1) is 14.0. The number of carbonyl (C=O) groups excluding carboxylic acids is 2. The number of rotatable bonds is 4. The van der Waals surface area contributed by atoms with E-state index in [0.29, 0.717) is 24.3 Å². The molecule has 1 aromatic heterocycles. The molecule has 1 aliphatic rings. The van der Waals surface area contributed by atoms with Gasteiger partial charge in [-0.25, -0.2) is 4.79 Å². The molecule has 0 aliphatic carbocycles. The molecule has 0 radical (unpaired) electrons. The number of anilines is 1. The number of aromatic nitrogens is 1. The van der Waals surface area contributed by atoms with Gasteiger partial charge in [-0.1, -0.05) is 24.3 Å². The number of carbonyl (C=O) groups is 2. The number of hydrogen-bond donors (Lipinski definition) is 3. The molecular formula is C22H21N5O2. The summed E-state index contributed by atoms with van der Waals surface area (Å²) >= 11 is 0. The number of pyridine rings is 1. The number of primary amides is 1. The zero-order valence-corrected chi connectivity index (χ0v) is 15.7. The smallest absolute Gasteiger partial charge is 0.315 e. The molecule has 3 amide bonds. The van der Waals surface area contributed by atoms with E-state index in [2.05, 4.69) is 10.3 Å². The maximum absolute atomic E-state index is 12.5. The fourth-order valence-corrected chi connectivity index (χ4v) is 3.65. The highest BCUT2D eigenvalue weighted by Crippen LogP contribution is 2.37. The number of nitrogen functional groups attached to an aromatic ring is 1. The second-order valence-electron chi connectivity index (χ2n) is 6.99. The van der Waals surface area contributed by atoms with Crippen molar-refractivity contribution in [2.45, 2.75) is 19.1 Å². The van der Waals surface area contributed by atoms with Crippen LogP contribution in [0.15, 0.2) is 67.0 Å². The summed E-state index contributed by atoms with van der Waals surface area (Å²) in [5.74, 6) is -0.179. The largest absolute Gasteiger partial charge is 0.399 e. The van der Waals surface area contributed by atoms with Crippen LogP contribution in [-0.2, 0) is 13.1 Å². The average molecular weight is 387 g/mol. The molecule has 1 atom stereocenters. The summed E-state index contributed by atoms with van der Waals surface area (Å²) in [7, 11) is 0. The van der Waals surface area contributed by atoms with Crippen LogP contribution in [0.5, 0.6) is 0 Å². The van der Waals surface area contributed by atoms with Crippen molar-refractivity contribution in [3.8, 4) is 0 Å². The van der Waals surface area contributed by atoms with Gasteiger partial charge in [-0.15, -0.1) is 0 Å². The van der Waals surface area contributed by atoms with Gasteiger partial charge in [-0.3, -0.25) is 9.78 Å². The number of fused-ring (bicyclic) bond motifs is 1. The molecule has 1 unspecified atom stereocenters. The maximum atomic E-state index is 12.5. The highest BCUT2D eigenvalue weighted by molar-refractivity contribution is 5.94. The Labute approximate surface area is 168 Å². The van der Waals surface area contributed by atoms with E-state index >= 15 is 0 Å². The Morgan fingerprint density at radius 3 is 2.66 bits per heavy atom. The molecule has 0 saturated carbocycles. The molecule has 0 spiro atoms. The minimum atomic E-state index is -0.491. The van der Waals surface area contributed by atoms with E-state index in [1.807, 2.05) is 36.4 Å². The van der Waals surface area contributed by atoms with Gasteiger partial charge in [0.25, 0.3) is 5.91 Å². The second-order valence-corrected chi connectivity index (χ2v) is 6.99. The summed E-state index contributed by atoms with van der Waals surface area (Å²) in [6, 6.07) is 15.7. The van der Waals surface area contributed by atoms with Crippen molar-refractivity contribution >= 4 is 17.6 Å². The first-order valence-corrected chi connectivity index (χ1v) is 9.24. The van der Waals surface area contributed by atoms with Crippen molar-refractivity contribution in [1.29, 1.82) is 0 Å². The first-order valence-electron chi connectivity index (χ1n) is 9.24. The van der Waals surface area contributed by atoms with Crippen LogP contribution in [0.2, 0.25) is 0 Å². The van der Waals surface area contributed by atoms with E-state index in [-0.39, 0.29) is 11.9 Å². The molecule has 0 saturated heterocycles. The molecule has 7 nitrogen and oxygen atoms in total. The predicted octanol–water partition coefficient (Wildman–Crippen LogP) is 2.58. The monoisotopic (exact) mass is 387 g/mol. The third kappa shape index (κ3) is 3.75. The number of amides is 3. The Morgan fingerprint density at radius 1 is 1.14 bits per heavy atom. The topological polar surface area (TPSA) is 114 Å². The van der Waals surface area contributed by atoms with Gasteiger partial charge < -0.3 is 21.7 Å². The molecule has 4 rings (SSSR count). The SMILES string of the molecule is NC(=O)N1Cc2cnccc2C1c1ccc(C(=O)NCc2cccc(N)c2)cc1. The van der Waals surface area contributed by atoms with Gasteiger partial charge in [0.1, 0.15) is 0 Å². The van der Waals surface area contributed by atoms with Crippen molar-refractivity contribution in [2.24, 2.45) is 5.73 Å². The van der Waals surface area contributed by atoms with Gasteiger partial charge >= 0.3 is 6.03 Å². The van der Waals surface area contributed by atoms with Gasteiger partial charge in [0.05, 0.1) is 12.6 Å². The molecule has 146 valence electrons. The first kappa shape index (κ1) is 18.5. The van der Waals surface area contributed by atoms with Crippen molar-refractivity contribution in [1.82, 2.24) is 15.2 Å². The summed E-state index contributed by atoms with van der Waals surface area (Å²) in [6.07, 6.45) is 3.46. The van der Waals surface area contributed by atoms with Crippen LogP contribution >= 0.6 is 0 Å². The lowest BCUT2D eigenvalue weighted by atomic mass is 9.98. The normalized spacial score (nSPS) is 15.0. The Morgan fingerprint density at radius 2 is 1.93 bits per heavy atom. The maximum Gasteiger partial charge on any atom is 0.315 e. The molecule has 2 aromatic carbocycles. The van der Waals surface area contributed by atoms with Gasteiger partial charge in [0.15, 0.2) is 0 Å². The number of nitrogens with zero attached hydrogens (tertiary/aromatic N) is 2. The number of benzene rings is 2. The summed E-state index contributed by atoms with van der Waals surface area (Å²) in [4.78, 5) is 30.1. The Kier molecular flexibility index (Phi) is 4.87. The molecule has 3 aromatic rings. The summed E-state index contributed by atoms with van der Waals surface area (Å²) in [5.41, 5.74) is 16.3. The van der Waals surface area contributed by atoms with Crippen molar-refractivity contribution < 1.29 is 9.59 Å². The lowest BCUT2D eigenvalue weighted by Gasteiger charge is -2.24. The lowest BCUT2D eigenvalue weighted by molar-refractivity contribution is 0.0951. The molecule has 5 N–H and O–H groups in total. The van der Waals surface area contributed by atoms with Gasteiger partial charge in [-0.2, -0.15) is 0 Å². The van der Waals surface area contributed by atoms with Crippen LogP contribution in [0, 0.1) is 0 Å². The number of hydrogen-bond acceptors (Lipinski definition) is 4. The lowest BCUT2D eigenvalue weighted by Crippen LogP contribution is -2.34. The summed E-state index contributed by atoms with van der Waals surface area (Å²) < 4.78 is 0. The molecule has 7 heteroatoms. The molecule has 1 aliphatic heterocycles. The molecule has 0 fully saturated rings. The summed E-state index contributed by atoms with van der Waals surface area (Å²) in [6.45, 7) is 0.815. The summed E-state index contributed by atoms with van der Waals surface area (Å²) in [5, 5.41) is 2.89. The predicted molar refractivity (Wildman–Crippen MR) is 110 cm³/mol. The van der Waals surface area contributed by atoms with E-state index in [9.17, 15) is 9.59 Å². The minimum Gasteiger partial charge on any atom is -0.399 e. The standard InChI is InChI=1S/C22H21N5O2/c23-18-3-1-2-14(10-18)11-26-21(28)16-6-4-15(5-7-16)20-19-8-9-25-12-17(19)13-27(20)22(24)29/h1-10,12,20H,11,13,23H2,(H2,24,29)(H,26,28). The van der Waals surface area contributed by atoms with Gasteiger partial charge in [0.2, 0.25) is 0 Å². The van der Waals surface area contributed by atoms with E-state index < -0.39 is 6.03 Å². The van der Waals surface area contributed by atoms with Crippen LogP contribution in [0.3, 0.4) is 0 Å². The van der Waals surface area contributed by atoms with Crippen molar-refractivity contribution in [3.63, 3.8) is 0 Å². The van der Waals surface area contributed by atoms with Crippen LogP contribution < -0.4 is 16.8 Å². The quantitative estimate of drug-likeness (QED) is 0.597. The zero-order chi connectivity index (χ0) is 20.4. The fourth-order valence-electron chi connectivity index (χ4n) is 3.65. The van der Waals surface area contributed by atoms with E-state index in [4.69, 9.17) is 11.5 Å². The molecule has 0 bridgehead atoms. The zero-order valence-electron chi connectivity index (χ0n) is 15.7. The third-order valence-electron chi connectivity index (χ3n) is 5.06. The Hall–Kier alpha value is -3.87. The van der Waals surface area contributed by atoms with Crippen LogP contribution in [-0.4, -0.2) is 21.8 Å². The number of nitrogens with one attached hydrogen (secondary N) is 1. The van der Waals surface area contributed by atoms with Crippen LogP contribution in [0.1, 0.15) is 38.7 Å². The van der Waals surface area contributed by atoms with E-state index in [0.717, 1.165) is 22.3 Å². The number of urea groups is 1. The van der Waals surface area contributed by atoms with Gasteiger partial charge in [-0.05, 0) is 52.6 Å². The van der Waals surface area contributed by atoms with E-state index in [1.54, 1.807) is 35.5 Å². The third-order valence-corrected chi connectivity index (χ3v) is 5.06. The highest BCUT2D eigenvalue weighted by atomic mass is 16.2. The van der Waals surface area contributed by atoms with Crippen LogP contribution in [0.4, 0.5) is 10.5 Å². The molecule has 29 heavy (non-hydrogen) atoms. The van der Waals surface area contributed by atoms with Crippen molar-refractivity contribution in [3.05, 3.63) is 94.8 Å². The molecule has 2 heterocycles. The van der Waals surface area contributed by atoms with Crippen LogP contribution in [0.25, 0.3) is 0 Å². The van der Waals surface area contributed by atoms with Gasteiger partial charge in [0, 0.05) is 30.2 Å². The van der Waals surface area contributed by atoms with Crippen molar-refractivity contribution in [2.75, 3.05) is 5.73 Å². The Bertz CT molecular complexity index is 1060. The van der Waals surface area contributed by atoms with E-state index in [1.165, 1.54) is 0 Å². The average Bonchev–Trinajstić information content (AvgIpc) is 3.12. The minimum absolute atomic E-state index is 0.179. The second kappa shape index (κ2) is 7.63. The fraction of sp³-hybridized carbons (Fsp3) is 0.136. The Balaban J connectivity index is 1.51.